The third kappa shape index (κ3) is 7.31. The van der Waals surface area contributed by atoms with Gasteiger partial charge in [-0.3, -0.25) is 4.79 Å². The molecule has 1 heterocycles. The molecule has 9 heteroatoms. The molecule has 0 fully saturated rings. The monoisotopic (exact) mass is 329 g/mol. The van der Waals surface area contributed by atoms with Crippen LogP contribution in [-0.2, 0) is 14.6 Å². The molecule has 0 bridgehead atoms. The van der Waals surface area contributed by atoms with Crippen molar-refractivity contribution in [3.05, 3.63) is 18.3 Å². The number of carbonyl (C=O) groups is 1. The molecule has 0 spiro atoms. The molecular formula is C10H17Cl2N3O3S. The van der Waals surface area contributed by atoms with E-state index in [0.717, 1.165) is 6.26 Å². The number of aromatic nitrogens is 1. The van der Waals surface area contributed by atoms with Gasteiger partial charge in [0, 0.05) is 18.7 Å². The fourth-order valence-electron chi connectivity index (χ4n) is 1.18. The fourth-order valence-corrected chi connectivity index (χ4v) is 1.74. The van der Waals surface area contributed by atoms with Crippen molar-refractivity contribution in [2.45, 2.75) is 24.4 Å². The Balaban J connectivity index is 0. The van der Waals surface area contributed by atoms with Crippen LogP contribution in [0, 0.1) is 0 Å². The van der Waals surface area contributed by atoms with Gasteiger partial charge in [0.25, 0.3) is 0 Å². The van der Waals surface area contributed by atoms with Crippen LogP contribution in [-0.4, -0.2) is 31.6 Å². The normalized spacial score (nSPS) is 11.7. The van der Waals surface area contributed by atoms with Gasteiger partial charge in [-0.2, -0.15) is 0 Å². The van der Waals surface area contributed by atoms with Crippen LogP contribution >= 0.6 is 24.8 Å². The zero-order valence-electron chi connectivity index (χ0n) is 10.5. The Kier molecular flexibility index (Phi) is 8.94. The summed E-state index contributed by atoms with van der Waals surface area (Å²) in [5, 5.41) is 2.55. The minimum atomic E-state index is -3.31. The lowest BCUT2D eigenvalue weighted by Crippen LogP contribution is -2.24. The van der Waals surface area contributed by atoms with Crippen LogP contribution in [0.2, 0.25) is 0 Å². The van der Waals surface area contributed by atoms with Crippen molar-refractivity contribution in [1.29, 1.82) is 0 Å². The van der Waals surface area contributed by atoms with Gasteiger partial charge in [-0.25, -0.2) is 13.4 Å². The third-order valence-corrected chi connectivity index (χ3v) is 2.91. The topological polar surface area (TPSA) is 102 Å². The Bertz CT molecular complexity index is 503. The number of hydrogen-bond donors (Lipinski definition) is 2. The number of nitrogens with two attached hydrogens (primary N) is 1. The number of carbonyl (C=O) groups excluding carboxylic acids is 1. The van der Waals surface area contributed by atoms with Gasteiger partial charge in [0.2, 0.25) is 5.91 Å². The molecule has 0 aliphatic carbocycles. The Morgan fingerprint density at radius 3 is 2.37 bits per heavy atom. The maximum absolute atomic E-state index is 11.4. The summed E-state index contributed by atoms with van der Waals surface area (Å²) < 4.78 is 22.3. The Morgan fingerprint density at radius 1 is 1.42 bits per heavy atom. The van der Waals surface area contributed by atoms with Crippen LogP contribution in [0.3, 0.4) is 0 Å². The van der Waals surface area contributed by atoms with E-state index in [9.17, 15) is 13.2 Å². The standard InChI is InChI=1S/C10H15N3O3S.2ClH/c1-7(11)5-9(14)13-8-3-4-10(12-6-8)17(2,15)16;;/h3-4,6-7H,5,11H2,1-2H3,(H,13,14);2*1H. The van der Waals surface area contributed by atoms with E-state index in [0.29, 0.717) is 5.69 Å². The predicted octanol–water partition coefficient (Wildman–Crippen LogP) is 1.00. The summed E-state index contributed by atoms with van der Waals surface area (Å²) in [5.74, 6) is -0.228. The van der Waals surface area contributed by atoms with Crippen LogP contribution in [0.1, 0.15) is 13.3 Å². The second-order valence-corrected chi connectivity index (χ2v) is 5.85. The molecule has 3 N–H and O–H groups in total. The van der Waals surface area contributed by atoms with Gasteiger partial charge < -0.3 is 11.1 Å². The molecule has 19 heavy (non-hydrogen) atoms. The van der Waals surface area contributed by atoms with Crippen LogP contribution in [0.4, 0.5) is 5.69 Å². The van der Waals surface area contributed by atoms with E-state index in [-0.39, 0.29) is 48.2 Å². The second-order valence-electron chi connectivity index (χ2n) is 3.89. The lowest BCUT2D eigenvalue weighted by Gasteiger charge is -2.07. The number of anilines is 1. The summed E-state index contributed by atoms with van der Waals surface area (Å²) in [7, 11) is -3.31. The molecular weight excluding hydrogens is 313 g/mol. The second kappa shape index (κ2) is 8.31. The maximum Gasteiger partial charge on any atom is 0.225 e. The van der Waals surface area contributed by atoms with Crippen LogP contribution in [0.5, 0.6) is 0 Å². The van der Waals surface area contributed by atoms with E-state index in [1.165, 1.54) is 18.3 Å². The Hall–Kier alpha value is -0.890. The van der Waals surface area contributed by atoms with Crippen LogP contribution < -0.4 is 11.1 Å². The molecule has 1 rings (SSSR count). The van der Waals surface area contributed by atoms with Crippen molar-refractivity contribution in [1.82, 2.24) is 4.98 Å². The molecule has 0 aliphatic heterocycles. The summed E-state index contributed by atoms with van der Waals surface area (Å²) in [6.45, 7) is 1.73. The molecule has 1 unspecified atom stereocenters. The van der Waals surface area contributed by atoms with E-state index in [1.54, 1.807) is 6.92 Å². The van der Waals surface area contributed by atoms with E-state index < -0.39 is 9.84 Å². The molecule has 0 saturated carbocycles. The number of halogens is 2. The summed E-state index contributed by atoms with van der Waals surface area (Å²) in [4.78, 5) is 15.1. The van der Waals surface area contributed by atoms with Crippen molar-refractivity contribution in [2.75, 3.05) is 11.6 Å². The summed E-state index contributed by atoms with van der Waals surface area (Å²) in [6, 6.07) is 2.61. The highest BCUT2D eigenvalue weighted by Crippen LogP contribution is 2.10. The Labute approximate surface area is 124 Å². The minimum Gasteiger partial charge on any atom is -0.327 e. The summed E-state index contributed by atoms with van der Waals surface area (Å²) in [6.07, 6.45) is 2.58. The van der Waals surface area contributed by atoms with Crippen molar-refractivity contribution in [3.63, 3.8) is 0 Å². The highest BCUT2D eigenvalue weighted by Gasteiger charge is 2.09. The van der Waals surface area contributed by atoms with E-state index in [1.807, 2.05) is 0 Å². The van der Waals surface area contributed by atoms with E-state index in [4.69, 9.17) is 5.73 Å². The first-order chi connectivity index (χ1) is 7.79. The number of amides is 1. The predicted molar refractivity (Wildman–Crippen MR) is 78.7 cm³/mol. The number of hydrogen-bond acceptors (Lipinski definition) is 5. The number of rotatable bonds is 4. The molecule has 0 aliphatic rings. The zero-order chi connectivity index (χ0) is 13.1. The van der Waals surface area contributed by atoms with Crippen LogP contribution in [0.15, 0.2) is 23.4 Å². The van der Waals surface area contributed by atoms with Gasteiger partial charge in [0.15, 0.2) is 14.9 Å². The van der Waals surface area contributed by atoms with Gasteiger partial charge in [-0.1, -0.05) is 0 Å². The van der Waals surface area contributed by atoms with Crippen molar-refractivity contribution in [3.8, 4) is 0 Å². The van der Waals surface area contributed by atoms with Gasteiger partial charge in [0.1, 0.15) is 0 Å². The van der Waals surface area contributed by atoms with Gasteiger partial charge in [-0.05, 0) is 19.1 Å². The average Bonchev–Trinajstić information content (AvgIpc) is 2.15. The zero-order valence-corrected chi connectivity index (χ0v) is 12.9. The van der Waals surface area contributed by atoms with E-state index in [2.05, 4.69) is 10.3 Å². The highest BCUT2D eigenvalue weighted by atomic mass is 35.5. The molecule has 0 radical (unpaired) electrons. The summed E-state index contributed by atoms with van der Waals surface area (Å²) in [5.41, 5.74) is 5.92. The number of nitrogens with one attached hydrogen (secondary N) is 1. The molecule has 1 aromatic heterocycles. The van der Waals surface area contributed by atoms with E-state index >= 15 is 0 Å². The molecule has 6 nitrogen and oxygen atoms in total. The molecule has 1 amide bonds. The smallest absolute Gasteiger partial charge is 0.225 e. The maximum atomic E-state index is 11.4. The number of nitrogens with zero attached hydrogens (tertiary/aromatic N) is 1. The van der Waals surface area contributed by atoms with Crippen molar-refractivity contribution >= 4 is 46.2 Å². The molecule has 1 aromatic rings. The summed E-state index contributed by atoms with van der Waals surface area (Å²) >= 11 is 0. The van der Waals surface area contributed by atoms with Crippen LogP contribution in [0.25, 0.3) is 0 Å². The largest absolute Gasteiger partial charge is 0.327 e. The molecule has 110 valence electrons. The molecule has 0 aromatic carbocycles. The first-order valence-corrected chi connectivity index (χ1v) is 6.89. The third-order valence-electron chi connectivity index (χ3n) is 1.91. The van der Waals surface area contributed by atoms with Gasteiger partial charge >= 0.3 is 0 Å². The van der Waals surface area contributed by atoms with Crippen molar-refractivity contribution in [2.24, 2.45) is 5.73 Å². The SMILES string of the molecule is CC(N)CC(=O)Nc1ccc(S(C)(=O)=O)nc1.Cl.Cl. The lowest BCUT2D eigenvalue weighted by molar-refractivity contribution is -0.116. The average molecular weight is 330 g/mol. The molecule has 0 saturated heterocycles. The minimum absolute atomic E-state index is 0. The number of pyridine rings is 1. The number of sulfone groups is 1. The highest BCUT2D eigenvalue weighted by molar-refractivity contribution is 7.90. The molecule has 1 atom stereocenters. The lowest BCUT2D eigenvalue weighted by atomic mass is 10.2. The fraction of sp³-hybridized carbons (Fsp3) is 0.400. The quantitative estimate of drug-likeness (QED) is 0.858. The van der Waals surface area contributed by atoms with Crippen molar-refractivity contribution < 1.29 is 13.2 Å². The van der Waals surface area contributed by atoms with Gasteiger partial charge in [-0.15, -0.1) is 24.8 Å². The first kappa shape index (κ1) is 20.4. The first-order valence-electron chi connectivity index (χ1n) is 5.00. The Morgan fingerprint density at radius 2 is 2.00 bits per heavy atom. The van der Waals surface area contributed by atoms with Gasteiger partial charge in [0.05, 0.1) is 11.9 Å².